The molecule has 2 heterocycles. The SMILES string of the molecule is Clc1ccccc1SCc1coc(-c2cccs2)n1. The van der Waals surface area contributed by atoms with Crippen LogP contribution in [0.4, 0.5) is 0 Å². The van der Waals surface area contributed by atoms with Crippen LogP contribution < -0.4 is 0 Å². The number of rotatable bonds is 4. The van der Waals surface area contributed by atoms with Gasteiger partial charge in [-0.2, -0.15) is 0 Å². The van der Waals surface area contributed by atoms with E-state index in [2.05, 4.69) is 4.98 Å². The van der Waals surface area contributed by atoms with E-state index in [4.69, 9.17) is 16.0 Å². The van der Waals surface area contributed by atoms with Crippen LogP contribution in [-0.4, -0.2) is 4.98 Å². The van der Waals surface area contributed by atoms with Gasteiger partial charge >= 0.3 is 0 Å². The smallest absolute Gasteiger partial charge is 0.236 e. The quantitative estimate of drug-likeness (QED) is 0.608. The fraction of sp³-hybridized carbons (Fsp3) is 0.0714. The maximum Gasteiger partial charge on any atom is 0.236 e. The van der Waals surface area contributed by atoms with Gasteiger partial charge in [-0.3, -0.25) is 0 Å². The molecule has 2 nitrogen and oxygen atoms in total. The number of thioether (sulfide) groups is 1. The minimum atomic E-state index is 0.685. The fourth-order valence-electron chi connectivity index (χ4n) is 1.60. The molecule has 0 fully saturated rings. The van der Waals surface area contributed by atoms with Gasteiger partial charge in [-0.15, -0.1) is 23.1 Å². The summed E-state index contributed by atoms with van der Waals surface area (Å²) in [6, 6.07) is 11.8. The van der Waals surface area contributed by atoms with Crippen molar-refractivity contribution in [1.29, 1.82) is 0 Å². The third kappa shape index (κ3) is 3.03. The molecule has 1 aromatic carbocycles. The van der Waals surface area contributed by atoms with Crippen LogP contribution in [0.1, 0.15) is 5.69 Å². The third-order valence-electron chi connectivity index (χ3n) is 2.50. The number of nitrogens with zero attached hydrogens (tertiary/aromatic N) is 1. The molecule has 0 unspecified atom stereocenters. The summed E-state index contributed by atoms with van der Waals surface area (Å²) in [7, 11) is 0. The van der Waals surface area contributed by atoms with Crippen LogP contribution in [0.5, 0.6) is 0 Å². The van der Waals surface area contributed by atoms with Gasteiger partial charge in [0.15, 0.2) is 0 Å². The van der Waals surface area contributed by atoms with Crippen LogP contribution in [0.25, 0.3) is 10.8 Å². The summed E-state index contributed by atoms with van der Waals surface area (Å²) < 4.78 is 5.48. The van der Waals surface area contributed by atoms with Crippen molar-refractivity contribution >= 4 is 34.7 Å². The first-order chi connectivity index (χ1) is 9.33. The van der Waals surface area contributed by atoms with Gasteiger partial charge in [0.2, 0.25) is 5.89 Å². The molecule has 0 saturated carbocycles. The first-order valence-electron chi connectivity index (χ1n) is 5.68. The van der Waals surface area contributed by atoms with E-state index in [1.165, 1.54) is 0 Å². The molecule has 0 aliphatic heterocycles. The van der Waals surface area contributed by atoms with E-state index in [1.807, 2.05) is 41.8 Å². The van der Waals surface area contributed by atoms with E-state index in [9.17, 15) is 0 Å². The highest BCUT2D eigenvalue weighted by Crippen LogP contribution is 2.30. The average Bonchev–Trinajstić information content (AvgIpc) is 3.09. The molecular weight excluding hydrogens is 298 g/mol. The van der Waals surface area contributed by atoms with Crippen LogP contribution in [0.15, 0.2) is 57.4 Å². The Morgan fingerprint density at radius 2 is 2.11 bits per heavy atom. The van der Waals surface area contributed by atoms with Gasteiger partial charge < -0.3 is 4.42 Å². The lowest BCUT2D eigenvalue weighted by molar-refractivity contribution is 0.575. The molecule has 3 rings (SSSR count). The number of hydrogen-bond acceptors (Lipinski definition) is 4. The van der Waals surface area contributed by atoms with Crippen molar-refractivity contribution in [1.82, 2.24) is 4.98 Å². The standard InChI is InChI=1S/C14H10ClNOS2/c15-11-4-1-2-5-12(11)19-9-10-8-17-14(16-10)13-6-3-7-18-13/h1-8H,9H2. The molecule has 3 aromatic rings. The summed E-state index contributed by atoms with van der Waals surface area (Å²) in [6.45, 7) is 0. The van der Waals surface area contributed by atoms with Crippen LogP contribution >= 0.6 is 34.7 Å². The van der Waals surface area contributed by atoms with Gasteiger partial charge in [-0.05, 0) is 23.6 Å². The van der Waals surface area contributed by atoms with E-state index in [0.717, 1.165) is 26.2 Å². The van der Waals surface area contributed by atoms with Crippen LogP contribution in [-0.2, 0) is 5.75 Å². The molecule has 0 aliphatic rings. The lowest BCUT2D eigenvalue weighted by Gasteiger charge is -2.00. The molecule has 2 aromatic heterocycles. The van der Waals surface area contributed by atoms with Crippen molar-refractivity contribution in [2.24, 2.45) is 0 Å². The van der Waals surface area contributed by atoms with Crippen molar-refractivity contribution in [3.8, 4) is 10.8 Å². The molecule has 19 heavy (non-hydrogen) atoms. The van der Waals surface area contributed by atoms with Gasteiger partial charge in [-0.1, -0.05) is 29.8 Å². The molecule has 5 heteroatoms. The molecule has 96 valence electrons. The molecule has 0 atom stereocenters. The summed E-state index contributed by atoms with van der Waals surface area (Å²) in [5.74, 6) is 1.43. The maximum atomic E-state index is 6.11. The Hall–Kier alpha value is -1.23. The Balaban J connectivity index is 1.70. The second-order valence-corrected chi connectivity index (χ2v) is 6.21. The molecule has 0 saturated heterocycles. The van der Waals surface area contributed by atoms with E-state index < -0.39 is 0 Å². The number of aromatic nitrogens is 1. The topological polar surface area (TPSA) is 26.0 Å². The second-order valence-electron chi connectivity index (χ2n) is 3.84. The van der Waals surface area contributed by atoms with Crippen molar-refractivity contribution < 1.29 is 4.42 Å². The Kier molecular flexibility index (Phi) is 3.92. The van der Waals surface area contributed by atoms with Crippen molar-refractivity contribution in [3.63, 3.8) is 0 Å². The Morgan fingerprint density at radius 3 is 2.89 bits per heavy atom. The predicted molar refractivity (Wildman–Crippen MR) is 80.8 cm³/mol. The second kappa shape index (κ2) is 5.82. The average molecular weight is 308 g/mol. The predicted octanol–water partition coefficient (Wildman–Crippen LogP) is 5.35. The molecule has 0 spiro atoms. The molecule has 0 bridgehead atoms. The van der Waals surface area contributed by atoms with Crippen molar-refractivity contribution in [3.05, 3.63) is 58.8 Å². The molecule has 0 aliphatic carbocycles. The van der Waals surface area contributed by atoms with Crippen LogP contribution in [0, 0.1) is 0 Å². The number of oxazole rings is 1. The number of thiophene rings is 1. The monoisotopic (exact) mass is 307 g/mol. The third-order valence-corrected chi connectivity index (χ3v) is 4.90. The summed E-state index contributed by atoms with van der Waals surface area (Å²) in [5, 5.41) is 2.78. The maximum absolute atomic E-state index is 6.11. The lowest BCUT2D eigenvalue weighted by Crippen LogP contribution is -1.81. The normalized spacial score (nSPS) is 10.8. The van der Waals surface area contributed by atoms with E-state index in [1.54, 1.807) is 29.4 Å². The Bertz CT molecular complexity index is 664. The Morgan fingerprint density at radius 1 is 1.21 bits per heavy atom. The molecule has 0 N–H and O–H groups in total. The zero-order chi connectivity index (χ0) is 13.1. The molecule has 0 radical (unpaired) electrons. The Labute approximate surface area is 124 Å². The van der Waals surface area contributed by atoms with E-state index in [0.29, 0.717) is 5.89 Å². The number of hydrogen-bond donors (Lipinski definition) is 0. The van der Waals surface area contributed by atoms with Gasteiger partial charge in [0, 0.05) is 10.6 Å². The summed E-state index contributed by atoms with van der Waals surface area (Å²) in [5.41, 5.74) is 0.924. The summed E-state index contributed by atoms with van der Waals surface area (Å²) >= 11 is 9.40. The van der Waals surface area contributed by atoms with Gasteiger partial charge in [0.25, 0.3) is 0 Å². The zero-order valence-electron chi connectivity index (χ0n) is 9.88. The number of benzene rings is 1. The van der Waals surface area contributed by atoms with E-state index >= 15 is 0 Å². The van der Waals surface area contributed by atoms with Crippen molar-refractivity contribution in [2.75, 3.05) is 0 Å². The number of halogens is 1. The first-order valence-corrected chi connectivity index (χ1v) is 7.93. The van der Waals surface area contributed by atoms with E-state index in [-0.39, 0.29) is 0 Å². The molecule has 0 amide bonds. The van der Waals surface area contributed by atoms with Crippen LogP contribution in [0.3, 0.4) is 0 Å². The summed E-state index contributed by atoms with van der Waals surface area (Å²) in [4.78, 5) is 6.59. The fourth-order valence-corrected chi connectivity index (χ4v) is 3.37. The van der Waals surface area contributed by atoms with Crippen molar-refractivity contribution in [2.45, 2.75) is 10.6 Å². The minimum absolute atomic E-state index is 0.685. The highest BCUT2D eigenvalue weighted by Gasteiger charge is 2.08. The highest BCUT2D eigenvalue weighted by atomic mass is 35.5. The minimum Gasteiger partial charge on any atom is -0.444 e. The van der Waals surface area contributed by atoms with Gasteiger partial charge in [-0.25, -0.2) is 4.98 Å². The zero-order valence-corrected chi connectivity index (χ0v) is 12.3. The lowest BCUT2D eigenvalue weighted by atomic mass is 10.4. The van der Waals surface area contributed by atoms with Gasteiger partial charge in [0.1, 0.15) is 6.26 Å². The summed E-state index contributed by atoms with van der Waals surface area (Å²) in [6.07, 6.45) is 1.71. The van der Waals surface area contributed by atoms with Gasteiger partial charge in [0.05, 0.1) is 15.6 Å². The highest BCUT2D eigenvalue weighted by molar-refractivity contribution is 7.98. The molecular formula is C14H10ClNOS2. The first kappa shape index (κ1) is 12.8. The van der Waals surface area contributed by atoms with Crippen LogP contribution in [0.2, 0.25) is 5.02 Å². The largest absolute Gasteiger partial charge is 0.444 e.